The molecular weight excluding hydrogens is 204 g/mol. The van der Waals surface area contributed by atoms with Gasteiger partial charge in [-0.2, -0.15) is 0 Å². The molecule has 3 heteroatoms. The van der Waals surface area contributed by atoms with Crippen molar-refractivity contribution in [2.24, 2.45) is 5.41 Å². The van der Waals surface area contributed by atoms with Crippen LogP contribution in [0.1, 0.15) is 26.7 Å². The second-order valence-electron chi connectivity index (χ2n) is 5.33. The van der Waals surface area contributed by atoms with Crippen LogP contribution in [0.15, 0.2) is 24.3 Å². The van der Waals surface area contributed by atoms with E-state index in [1.807, 2.05) is 19.9 Å². The van der Waals surface area contributed by atoms with Crippen LogP contribution in [0.4, 0.5) is 0 Å². The maximum Gasteiger partial charge on any atom is 0.162 e. The Morgan fingerprint density at radius 3 is 2.62 bits per heavy atom. The summed E-state index contributed by atoms with van der Waals surface area (Å²) < 4.78 is 11.4. The smallest absolute Gasteiger partial charge is 0.162 e. The number of aliphatic hydroxyl groups is 1. The third-order valence-corrected chi connectivity index (χ3v) is 3.28. The van der Waals surface area contributed by atoms with Gasteiger partial charge in [-0.25, -0.2) is 0 Å². The minimum Gasteiger partial charge on any atom is -0.393 e. The molecule has 1 spiro atoms. The Hall–Kier alpha value is -0.640. The van der Waals surface area contributed by atoms with E-state index in [2.05, 4.69) is 12.7 Å². The van der Waals surface area contributed by atoms with Gasteiger partial charge in [0.25, 0.3) is 0 Å². The fourth-order valence-electron chi connectivity index (χ4n) is 2.39. The zero-order chi connectivity index (χ0) is 11.8. The molecule has 1 atom stereocenters. The normalized spacial score (nSPS) is 32.2. The molecule has 0 aromatic heterocycles. The highest BCUT2D eigenvalue weighted by atomic mass is 16.7. The fraction of sp³-hybridized carbons (Fsp3) is 0.692. The molecule has 16 heavy (non-hydrogen) atoms. The van der Waals surface area contributed by atoms with Crippen molar-refractivity contribution in [1.82, 2.24) is 0 Å². The molecule has 3 nitrogen and oxygen atoms in total. The summed E-state index contributed by atoms with van der Waals surface area (Å²) in [7, 11) is 0. The largest absolute Gasteiger partial charge is 0.393 e. The SMILES string of the molecule is C=CC1=CC2(COC(C)(C)OC2)CC(O)C1. The van der Waals surface area contributed by atoms with E-state index in [9.17, 15) is 5.11 Å². The van der Waals surface area contributed by atoms with Gasteiger partial charge in [0, 0.05) is 5.41 Å². The summed E-state index contributed by atoms with van der Waals surface area (Å²) in [5, 5.41) is 9.86. The van der Waals surface area contributed by atoms with Gasteiger partial charge in [0.15, 0.2) is 5.79 Å². The Balaban J connectivity index is 2.16. The summed E-state index contributed by atoms with van der Waals surface area (Å²) >= 11 is 0. The average molecular weight is 224 g/mol. The second-order valence-corrected chi connectivity index (χ2v) is 5.33. The maximum atomic E-state index is 9.86. The van der Waals surface area contributed by atoms with Crippen LogP contribution < -0.4 is 0 Å². The highest BCUT2D eigenvalue weighted by Crippen LogP contribution is 2.40. The quantitative estimate of drug-likeness (QED) is 0.740. The van der Waals surface area contributed by atoms with Crippen LogP contribution in [0.5, 0.6) is 0 Å². The first-order chi connectivity index (χ1) is 7.45. The molecule has 1 heterocycles. The van der Waals surface area contributed by atoms with Gasteiger partial charge < -0.3 is 14.6 Å². The first kappa shape index (κ1) is 11.8. The maximum absolute atomic E-state index is 9.86. The van der Waals surface area contributed by atoms with E-state index in [4.69, 9.17) is 9.47 Å². The minimum absolute atomic E-state index is 0.170. The number of aliphatic hydroxyl groups excluding tert-OH is 1. The summed E-state index contributed by atoms with van der Waals surface area (Å²) in [6.07, 6.45) is 5.05. The molecule has 0 saturated carbocycles. The van der Waals surface area contributed by atoms with Crippen molar-refractivity contribution >= 4 is 0 Å². The molecule has 1 aliphatic carbocycles. The van der Waals surface area contributed by atoms with Crippen molar-refractivity contribution in [3.63, 3.8) is 0 Å². The summed E-state index contributed by atoms with van der Waals surface area (Å²) in [6, 6.07) is 0. The predicted molar refractivity (Wildman–Crippen MR) is 61.9 cm³/mol. The standard InChI is InChI=1S/C13H20O3/c1-4-10-5-11(14)7-13(6-10)8-15-12(2,3)16-9-13/h4,6,11,14H,1,5,7-9H2,2-3H3. The van der Waals surface area contributed by atoms with E-state index in [1.165, 1.54) is 0 Å². The summed E-state index contributed by atoms with van der Waals surface area (Å²) in [6.45, 7) is 8.80. The Morgan fingerprint density at radius 2 is 2.06 bits per heavy atom. The molecule has 0 aromatic carbocycles. The highest BCUT2D eigenvalue weighted by Gasteiger charge is 2.41. The molecule has 1 N–H and O–H groups in total. The van der Waals surface area contributed by atoms with Crippen molar-refractivity contribution in [2.45, 2.75) is 38.6 Å². The van der Waals surface area contributed by atoms with Crippen LogP contribution in [-0.2, 0) is 9.47 Å². The van der Waals surface area contributed by atoms with E-state index in [1.54, 1.807) is 0 Å². The minimum atomic E-state index is -0.504. The summed E-state index contributed by atoms with van der Waals surface area (Å²) in [4.78, 5) is 0. The Morgan fingerprint density at radius 1 is 1.44 bits per heavy atom. The lowest BCUT2D eigenvalue weighted by Crippen LogP contribution is -2.48. The molecule has 1 saturated heterocycles. The zero-order valence-corrected chi connectivity index (χ0v) is 10.0. The lowest BCUT2D eigenvalue weighted by molar-refractivity contribution is -0.280. The third-order valence-electron chi connectivity index (χ3n) is 3.28. The molecule has 0 aromatic rings. The molecule has 2 rings (SSSR count). The first-order valence-corrected chi connectivity index (χ1v) is 5.75. The lowest BCUT2D eigenvalue weighted by atomic mass is 9.75. The van der Waals surface area contributed by atoms with Crippen LogP contribution in [0.2, 0.25) is 0 Å². The van der Waals surface area contributed by atoms with Crippen molar-refractivity contribution in [3.05, 3.63) is 24.3 Å². The molecular formula is C13H20O3. The number of ether oxygens (including phenoxy) is 2. The van der Waals surface area contributed by atoms with E-state index in [0.29, 0.717) is 26.1 Å². The molecule has 2 aliphatic rings. The van der Waals surface area contributed by atoms with Crippen LogP contribution in [0, 0.1) is 5.41 Å². The number of hydrogen-bond acceptors (Lipinski definition) is 3. The van der Waals surface area contributed by atoms with Crippen molar-refractivity contribution in [3.8, 4) is 0 Å². The highest BCUT2D eigenvalue weighted by molar-refractivity contribution is 5.25. The van der Waals surface area contributed by atoms with E-state index < -0.39 is 5.79 Å². The monoisotopic (exact) mass is 224 g/mol. The topological polar surface area (TPSA) is 38.7 Å². The Bertz CT molecular complexity index is 307. The second kappa shape index (κ2) is 3.99. The van der Waals surface area contributed by atoms with Crippen molar-refractivity contribution in [2.75, 3.05) is 13.2 Å². The van der Waals surface area contributed by atoms with Crippen LogP contribution in [-0.4, -0.2) is 30.2 Å². The van der Waals surface area contributed by atoms with Crippen LogP contribution in [0.25, 0.3) is 0 Å². The summed E-state index contributed by atoms with van der Waals surface area (Å²) in [5.74, 6) is -0.504. The molecule has 0 radical (unpaired) electrons. The Kier molecular flexibility index (Phi) is 2.95. The van der Waals surface area contributed by atoms with Gasteiger partial charge in [-0.15, -0.1) is 0 Å². The van der Waals surface area contributed by atoms with Gasteiger partial charge in [0.1, 0.15) is 0 Å². The summed E-state index contributed by atoms with van der Waals surface area (Å²) in [5.41, 5.74) is 0.919. The van der Waals surface area contributed by atoms with Gasteiger partial charge in [-0.3, -0.25) is 0 Å². The number of rotatable bonds is 1. The number of hydrogen-bond donors (Lipinski definition) is 1. The van der Waals surface area contributed by atoms with Crippen LogP contribution >= 0.6 is 0 Å². The third kappa shape index (κ3) is 2.37. The first-order valence-electron chi connectivity index (χ1n) is 5.75. The predicted octanol–water partition coefficient (Wildman–Crippen LogP) is 2.02. The number of allylic oxidation sites excluding steroid dienone is 1. The zero-order valence-electron chi connectivity index (χ0n) is 10.0. The van der Waals surface area contributed by atoms with E-state index in [-0.39, 0.29) is 11.5 Å². The van der Waals surface area contributed by atoms with Crippen LogP contribution in [0.3, 0.4) is 0 Å². The molecule has 90 valence electrons. The van der Waals surface area contributed by atoms with Crippen molar-refractivity contribution in [1.29, 1.82) is 0 Å². The molecule has 1 unspecified atom stereocenters. The fourth-order valence-corrected chi connectivity index (χ4v) is 2.39. The van der Waals surface area contributed by atoms with Gasteiger partial charge >= 0.3 is 0 Å². The van der Waals surface area contributed by atoms with Gasteiger partial charge in [-0.1, -0.05) is 18.7 Å². The molecule has 1 aliphatic heterocycles. The average Bonchev–Trinajstić information content (AvgIpc) is 2.22. The van der Waals surface area contributed by atoms with E-state index in [0.717, 1.165) is 5.57 Å². The lowest BCUT2D eigenvalue weighted by Gasteiger charge is -2.44. The van der Waals surface area contributed by atoms with Crippen molar-refractivity contribution < 1.29 is 14.6 Å². The molecule has 1 fully saturated rings. The van der Waals surface area contributed by atoms with Gasteiger partial charge in [0.05, 0.1) is 19.3 Å². The molecule has 0 amide bonds. The van der Waals surface area contributed by atoms with Gasteiger partial charge in [0.2, 0.25) is 0 Å². The van der Waals surface area contributed by atoms with Gasteiger partial charge in [-0.05, 0) is 32.3 Å². The Labute approximate surface area is 96.7 Å². The molecule has 0 bridgehead atoms. The van der Waals surface area contributed by atoms with E-state index >= 15 is 0 Å².